The molecule has 1 heterocycles. The summed E-state index contributed by atoms with van der Waals surface area (Å²) in [5, 5.41) is 20.5. The van der Waals surface area contributed by atoms with Crippen molar-refractivity contribution in [3.8, 4) is 11.4 Å². The van der Waals surface area contributed by atoms with Gasteiger partial charge in [-0.05, 0) is 29.5 Å². The summed E-state index contributed by atoms with van der Waals surface area (Å²) in [7, 11) is 1.47. The first-order valence-corrected chi connectivity index (χ1v) is 7.08. The van der Waals surface area contributed by atoms with E-state index in [9.17, 15) is 4.79 Å². The number of aliphatic carboxylic acids is 1. The van der Waals surface area contributed by atoms with Crippen molar-refractivity contribution in [2.45, 2.75) is 26.0 Å². The highest BCUT2D eigenvalue weighted by Crippen LogP contribution is 2.27. The first-order chi connectivity index (χ1) is 10.0. The number of aryl methyl sites for hydroxylation is 1. The van der Waals surface area contributed by atoms with Crippen LogP contribution < -0.4 is 0 Å². The zero-order chi connectivity index (χ0) is 15.4. The number of ether oxygens (including phenoxy) is 1. The van der Waals surface area contributed by atoms with Crippen LogP contribution in [0.4, 0.5) is 0 Å². The van der Waals surface area contributed by atoms with Crippen LogP contribution in [0.3, 0.4) is 0 Å². The predicted molar refractivity (Wildman–Crippen MR) is 78.7 cm³/mol. The van der Waals surface area contributed by atoms with E-state index in [-0.39, 0.29) is 13.0 Å². The Labute approximate surface area is 130 Å². The second kappa shape index (κ2) is 6.77. The Kier molecular flexibility index (Phi) is 5.03. The zero-order valence-corrected chi connectivity index (χ0v) is 13.2. The van der Waals surface area contributed by atoms with Gasteiger partial charge in [-0.1, -0.05) is 27.6 Å². The van der Waals surface area contributed by atoms with E-state index < -0.39 is 12.1 Å². The number of carboxylic acid groups (broad SMARTS) is 1. The lowest BCUT2D eigenvalue weighted by molar-refractivity contribution is -0.139. The molecule has 0 radical (unpaired) electrons. The maximum atomic E-state index is 10.8. The quantitative estimate of drug-likeness (QED) is 0.851. The molecule has 112 valence electrons. The van der Waals surface area contributed by atoms with E-state index in [0.29, 0.717) is 5.82 Å². The number of methoxy groups -OCH3 is 1. The van der Waals surface area contributed by atoms with Crippen molar-refractivity contribution in [3.63, 3.8) is 0 Å². The molecule has 0 aliphatic heterocycles. The second-order valence-electron chi connectivity index (χ2n) is 4.62. The highest BCUT2D eigenvalue weighted by molar-refractivity contribution is 9.10. The Bertz CT molecular complexity index is 644. The maximum Gasteiger partial charge on any atom is 0.306 e. The number of halogens is 1. The van der Waals surface area contributed by atoms with Crippen molar-refractivity contribution in [2.24, 2.45) is 0 Å². The maximum absolute atomic E-state index is 10.8. The van der Waals surface area contributed by atoms with E-state index in [1.54, 1.807) is 4.68 Å². The molecule has 0 amide bonds. The monoisotopic (exact) mass is 354 g/mol. The molecule has 1 unspecified atom stereocenters. The highest BCUT2D eigenvalue weighted by Gasteiger charge is 2.18. The van der Waals surface area contributed by atoms with Crippen molar-refractivity contribution >= 4 is 21.9 Å². The minimum atomic E-state index is -0.923. The molecule has 1 aromatic carbocycles. The summed E-state index contributed by atoms with van der Waals surface area (Å²) in [4.78, 5) is 10.8. The van der Waals surface area contributed by atoms with Gasteiger partial charge in [0.15, 0.2) is 5.82 Å². The van der Waals surface area contributed by atoms with Gasteiger partial charge in [0.25, 0.3) is 0 Å². The van der Waals surface area contributed by atoms with Crippen LogP contribution in [0.15, 0.2) is 22.7 Å². The summed E-state index contributed by atoms with van der Waals surface area (Å²) >= 11 is 3.48. The van der Waals surface area contributed by atoms with Crippen LogP contribution in [0.2, 0.25) is 0 Å². The summed E-state index contributed by atoms with van der Waals surface area (Å²) in [6.07, 6.45) is -0.599. The third-order valence-electron chi connectivity index (χ3n) is 3.01. The minimum absolute atomic E-state index is 0.106. The molecule has 21 heavy (non-hydrogen) atoms. The Balaban J connectivity index is 2.30. The smallest absolute Gasteiger partial charge is 0.306 e. The Morgan fingerprint density at radius 1 is 1.52 bits per heavy atom. The fraction of sp³-hybridized carbons (Fsp3) is 0.385. The molecule has 2 aromatic rings. The topological polar surface area (TPSA) is 90.1 Å². The molecule has 0 aliphatic carbocycles. The molecule has 1 N–H and O–H groups in total. The van der Waals surface area contributed by atoms with Gasteiger partial charge in [-0.3, -0.25) is 4.79 Å². The summed E-state index contributed by atoms with van der Waals surface area (Å²) in [6, 6.07) is 5.87. The van der Waals surface area contributed by atoms with Crippen molar-refractivity contribution in [2.75, 3.05) is 7.11 Å². The normalized spacial score (nSPS) is 12.3. The van der Waals surface area contributed by atoms with E-state index in [2.05, 4.69) is 31.5 Å². The van der Waals surface area contributed by atoms with Gasteiger partial charge in [0.2, 0.25) is 0 Å². The number of carboxylic acids is 1. The van der Waals surface area contributed by atoms with Crippen molar-refractivity contribution in [1.29, 1.82) is 0 Å². The molecule has 8 heteroatoms. The molecular weight excluding hydrogens is 340 g/mol. The SMILES string of the molecule is COC(CC(=O)O)Cn1nnnc1-c1cc(C)ccc1Br. The third-order valence-corrected chi connectivity index (χ3v) is 3.70. The number of aromatic nitrogens is 4. The van der Waals surface area contributed by atoms with E-state index in [1.807, 2.05) is 25.1 Å². The van der Waals surface area contributed by atoms with Crippen LogP contribution in [0.1, 0.15) is 12.0 Å². The van der Waals surface area contributed by atoms with E-state index in [1.165, 1.54) is 7.11 Å². The van der Waals surface area contributed by atoms with Gasteiger partial charge in [-0.15, -0.1) is 5.10 Å². The number of carbonyl (C=O) groups is 1. The minimum Gasteiger partial charge on any atom is -0.481 e. The number of hydrogen-bond donors (Lipinski definition) is 1. The van der Waals surface area contributed by atoms with Gasteiger partial charge in [-0.25, -0.2) is 4.68 Å². The number of rotatable bonds is 6. The first-order valence-electron chi connectivity index (χ1n) is 6.28. The van der Waals surface area contributed by atoms with Gasteiger partial charge in [0.1, 0.15) is 0 Å². The zero-order valence-electron chi connectivity index (χ0n) is 11.7. The number of nitrogens with zero attached hydrogens (tertiary/aromatic N) is 4. The molecule has 0 spiro atoms. The van der Waals surface area contributed by atoms with E-state index in [4.69, 9.17) is 9.84 Å². The molecule has 0 saturated carbocycles. The fourth-order valence-corrected chi connectivity index (χ4v) is 2.37. The van der Waals surface area contributed by atoms with Crippen LogP contribution in [-0.4, -0.2) is 44.5 Å². The molecule has 0 aliphatic rings. The van der Waals surface area contributed by atoms with Crippen LogP contribution in [0.25, 0.3) is 11.4 Å². The standard InChI is InChI=1S/C13H15BrN4O3/c1-8-3-4-11(14)10(5-8)13-15-16-17-18(13)7-9(21-2)6-12(19)20/h3-5,9H,6-7H2,1-2H3,(H,19,20). The Morgan fingerprint density at radius 2 is 2.29 bits per heavy atom. The largest absolute Gasteiger partial charge is 0.481 e. The summed E-state index contributed by atoms with van der Waals surface area (Å²) in [5.74, 6) is -0.355. The predicted octanol–water partition coefficient (Wildman–Crippen LogP) is 1.90. The van der Waals surface area contributed by atoms with E-state index >= 15 is 0 Å². The number of hydrogen-bond acceptors (Lipinski definition) is 5. The van der Waals surface area contributed by atoms with Crippen LogP contribution in [0, 0.1) is 6.92 Å². The van der Waals surface area contributed by atoms with E-state index in [0.717, 1.165) is 15.6 Å². The van der Waals surface area contributed by atoms with Crippen LogP contribution in [-0.2, 0) is 16.1 Å². The third kappa shape index (κ3) is 3.85. The lowest BCUT2D eigenvalue weighted by Crippen LogP contribution is -2.23. The second-order valence-corrected chi connectivity index (χ2v) is 5.48. The lowest BCUT2D eigenvalue weighted by atomic mass is 10.1. The fourth-order valence-electron chi connectivity index (χ4n) is 1.94. The molecule has 0 bridgehead atoms. The molecule has 1 aromatic heterocycles. The average Bonchev–Trinajstić information content (AvgIpc) is 2.88. The van der Waals surface area contributed by atoms with Gasteiger partial charge in [0, 0.05) is 17.1 Å². The molecule has 2 rings (SSSR count). The number of benzene rings is 1. The van der Waals surface area contributed by atoms with Gasteiger partial charge >= 0.3 is 5.97 Å². The molecule has 1 atom stereocenters. The number of tetrazole rings is 1. The first kappa shape index (κ1) is 15.6. The highest BCUT2D eigenvalue weighted by atomic mass is 79.9. The van der Waals surface area contributed by atoms with Gasteiger partial charge in [0.05, 0.1) is 19.1 Å². The Morgan fingerprint density at radius 3 is 2.95 bits per heavy atom. The van der Waals surface area contributed by atoms with Crippen LogP contribution in [0.5, 0.6) is 0 Å². The molecule has 0 fully saturated rings. The summed E-state index contributed by atoms with van der Waals surface area (Å²) < 4.78 is 7.59. The van der Waals surface area contributed by atoms with Gasteiger partial charge in [-0.2, -0.15) is 0 Å². The van der Waals surface area contributed by atoms with Crippen molar-refractivity contribution in [3.05, 3.63) is 28.2 Å². The molecular formula is C13H15BrN4O3. The average molecular weight is 355 g/mol. The van der Waals surface area contributed by atoms with Crippen molar-refractivity contribution in [1.82, 2.24) is 20.2 Å². The molecule has 0 saturated heterocycles. The summed E-state index contributed by atoms with van der Waals surface area (Å²) in [6.45, 7) is 2.25. The Hall–Kier alpha value is -1.80. The van der Waals surface area contributed by atoms with Crippen LogP contribution >= 0.6 is 15.9 Å². The lowest BCUT2D eigenvalue weighted by Gasteiger charge is -2.14. The van der Waals surface area contributed by atoms with Gasteiger partial charge < -0.3 is 9.84 Å². The van der Waals surface area contributed by atoms with Crippen molar-refractivity contribution < 1.29 is 14.6 Å². The molecule has 7 nitrogen and oxygen atoms in total. The summed E-state index contributed by atoms with van der Waals surface area (Å²) in [5.41, 5.74) is 1.93.